The van der Waals surface area contributed by atoms with E-state index in [1.807, 2.05) is 53.2 Å². The number of nitrogens with one attached hydrogen (secondary N) is 1. The number of pyridine rings is 1. The molecule has 2 aromatic carbocycles. The summed E-state index contributed by atoms with van der Waals surface area (Å²) in [6.07, 6.45) is 5.44. The van der Waals surface area contributed by atoms with E-state index in [0.29, 0.717) is 34.4 Å². The number of halogens is 1. The van der Waals surface area contributed by atoms with Gasteiger partial charge >= 0.3 is 0 Å². The van der Waals surface area contributed by atoms with Crippen LogP contribution in [0.15, 0.2) is 78.2 Å². The molecule has 0 aliphatic carbocycles. The van der Waals surface area contributed by atoms with Crippen molar-refractivity contribution in [1.29, 1.82) is 0 Å². The quantitative estimate of drug-likeness (QED) is 0.318. The van der Waals surface area contributed by atoms with Gasteiger partial charge in [-0.05, 0) is 61.6 Å². The number of amides is 1. The lowest BCUT2D eigenvalue weighted by Crippen LogP contribution is -2.48. The summed E-state index contributed by atoms with van der Waals surface area (Å²) >= 11 is 0. The van der Waals surface area contributed by atoms with Gasteiger partial charge in [-0.3, -0.25) is 9.69 Å². The molecule has 10 heteroatoms. The maximum atomic E-state index is 13.9. The highest BCUT2D eigenvalue weighted by Crippen LogP contribution is 2.32. The van der Waals surface area contributed by atoms with E-state index in [0.717, 1.165) is 43.1 Å². The minimum atomic E-state index is -0.403. The standard InChI is InChI=1S/C30H30FN7O2/c1-35-13-15-37(16-14-35)19-27(39)36(2)23-6-4-22(5-7-23)33-29(20-9-11-38-12-10-32-26(38)17-20)28-24-8-3-21(31)18-25(24)34-30(28)40/h3-12,17-18,34,40H,13-16,19H2,1-2H3. The second-order valence-electron chi connectivity index (χ2n) is 10.2. The fourth-order valence-corrected chi connectivity index (χ4v) is 5.04. The molecule has 0 bridgehead atoms. The van der Waals surface area contributed by atoms with Gasteiger partial charge in [0.25, 0.3) is 0 Å². The van der Waals surface area contributed by atoms with Gasteiger partial charge in [-0.2, -0.15) is 0 Å². The molecule has 1 aliphatic heterocycles. The van der Waals surface area contributed by atoms with Crippen LogP contribution in [0.1, 0.15) is 11.1 Å². The van der Waals surface area contributed by atoms with Crippen LogP contribution in [0.5, 0.6) is 5.88 Å². The highest BCUT2D eigenvalue weighted by atomic mass is 19.1. The monoisotopic (exact) mass is 539 g/mol. The molecular formula is C30H30FN7O2. The van der Waals surface area contributed by atoms with Crippen molar-refractivity contribution >= 4 is 39.5 Å². The number of aromatic hydroxyl groups is 1. The number of carbonyl (C=O) groups excluding carboxylic acids is 1. The van der Waals surface area contributed by atoms with Crippen LogP contribution in [0.2, 0.25) is 0 Å². The Hall–Kier alpha value is -4.54. The van der Waals surface area contributed by atoms with E-state index in [9.17, 15) is 14.3 Å². The van der Waals surface area contributed by atoms with E-state index in [1.54, 1.807) is 24.2 Å². The highest BCUT2D eigenvalue weighted by molar-refractivity contribution is 6.22. The number of hydrogen-bond acceptors (Lipinski definition) is 6. The third kappa shape index (κ3) is 5.06. The minimum absolute atomic E-state index is 0.0328. The van der Waals surface area contributed by atoms with Crippen molar-refractivity contribution < 1.29 is 14.3 Å². The predicted octanol–water partition coefficient (Wildman–Crippen LogP) is 4.04. The zero-order chi connectivity index (χ0) is 27.8. The Kier molecular flexibility index (Phi) is 6.79. The first-order chi connectivity index (χ1) is 19.4. The normalized spacial score (nSPS) is 15.2. The Morgan fingerprint density at radius 1 is 1.07 bits per heavy atom. The number of anilines is 1. The molecule has 6 rings (SSSR count). The molecule has 0 unspecified atom stereocenters. The number of aromatic nitrogens is 3. The van der Waals surface area contributed by atoms with Crippen LogP contribution < -0.4 is 4.90 Å². The molecule has 4 heterocycles. The summed E-state index contributed by atoms with van der Waals surface area (Å²) in [6.45, 7) is 4.06. The lowest BCUT2D eigenvalue weighted by atomic mass is 10.0. The molecule has 40 heavy (non-hydrogen) atoms. The van der Waals surface area contributed by atoms with Crippen LogP contribution in [-0.4, -0.2) is 87.7 Å². The van der Waals surface area contributed by atoms with Crippen LogP contribution in [-0.2, 0) is 4.79 Å². The number of fused-ring (bicyclic) bond motifs is 2. The summed E-state index contributed by atoms with van der Waals surface area (Å²) in [6, 6.07) is 15.5. The summed E-state index contributed by atoms with van der Waals surface area (Å²) in [5.41, 5.74) is 4.32. The first kappa shape index (κ1) is 25.7. The van der Waals surface area contributed by atoms with Crippen LogP contribution in [0.3, 0.4) is 0 Å². The Labute approximate surface area is 230 Å². The summed E-state index contributed by atoms with van der Waals surface area (Å²) in [5, 5.41) is 11.6. The zero-order valence-corrected chi connectivity index (χ0v) is 22.4. The van der Waals surface area contributed by atoms with Crippen molar-refractivity contribution in [2.75, 3.05) is 51.7 Å². The van der Waals surface area contributed by atoms with E-state index in [4.69, 9.17) is 4.99 Å². The lowest BCUT2D eigenvalue weighted by Gasteiger charge is -2.32. The van der Waals surface area contributed by atoms with E-state index < -0.39 is 5.82 Å². The molecule has 1 saturated heterocycles. The second kappa shape index (κ2) is 10.6. The van der Waals surface area contributed by atoms with Gasteiger partial charge in [-0.15, -0.1) is 0 Å². The van der Waals surface area contributed by atoms with Gasteiger partial charge in [0.2, 0.25) is 5.91 Å². The van der Waals surface area contributed by atoms with Crippen LogP contribution >= 0.6 is 0 Å². The van der Waals surface area contributed by atoms with Gasteiger partial charge in [0.15, 0.2) is 5.88 Å². The molecule has 1 amide bonds. The second-order valence-corrected chi connectivity index (χ2v) is 10.2. The molecule has 5 aromatic rings. The third-order valence-corrected chi connectivity index (χ3v) is 7.46. The number of imidazole rings is 1. The maximum Gasteiger partial charge on any atom is 0.240 e. The molecular weight excluding hydrogens is 509 g/mol. The van der Waals surface area contributed by atoms with Crippen LogP contribution in [0.4, 0.5) is 15.8 Å². The van der Waals surface area contributed by atoms with Gasteiger partial charge in [0.1, 0.15) is 11.5 Å². The molecule has 0 saturated carbocycles. The molecule has 9 nitrogen and oxygen atoms in total. The van der Waals surface area contributed by atoms with Gasteiger partial charge in [-0.25, -0.2) is 14.4 Å². The molecule has 0 radical (unpaired) electrons. The summed E-state index contributed by atoms with van der Waals surface area (Å²) in [5.74, 6) is -0.474. The number of carbonyl (C=O) groups is 1. The van der Waals surface area contributed by atoms with Gasteiger partial charge < -0.3 is 24.3 Å². The summed E-state index contributed by atoms with van der Waals surface area (Å²) in [4.78, 5) is 31.2. The Morgan fingerprint density at radius 2 is 1.85 bits per heavy atom. The Balaban J connectivity index is 1.33. The van der Waals surface area contributed by atoms with Crippen molar-refractivity contribution in [2.45, 2.75) is 0 Å². The van der Waals surface area contributed by atoms with Crippen molar-refractivity contribution in [3.8, 4) is 5.88 Å². The number of benzene rings is 2. The first-order valence-corrected chi connectivity index (χ1v) is 13.2. The molecule has 204 valence electrons. The number of aliphatic imine (C=N–C) groups is 1. The van der Waals surface area contributed by atoms with E-state index in [1.165, 1.54) is 12.1 Å². The highest BCUT2D eigenvalue weighted by Gasteiger charge is 2.21. The van der Waals surface area contributed by atoms with Gasteiger partial charge in [0.05, 0.1) is 29.0 Å². The SMILES string of the molecule is CN1CCN(CC(=O)N(C)c2ccc(N=C(c3ccn4ccnc4c3)c3c(O)[nH]c4cc(F)ccc34)cc2)CC1. The summed E-state index contributed by atoms with van der Waals surface area (Å²) < 4.78 is 15.8. The van der Waals surface area contributed by atoms with E-state index in [2.05, 4.69) is 26.8 Å². The Morgan fingerprint density at radius 3 is 2.62 bits per heavy atom. The van der Waals surface area contributed by atoms with Gasteiger partial charge in [0, 0.05) is 68.5 Å². The largest absolute Gasteiger partial charge is 0.494 e. The average Bonchev–Trinajstić information content (AvgIpc) is 3.55. The van der Waals surface area contributed by atoms with Crippen molar-refractivity contribution in [3.63, 3.8) is 0 Å². The van der Waals surface area contributed by atoms with Crippen molar-refractivity contribution in [3.05, 3.63) is 90.1 Å². The zero-order valence-electron chi connectivity index (χ0n) is 22.4. The summed E-state index contributed by atoms with van der Waals surface area (Å²) in [7, 11) is 3.88. The van der Waals surface area contributed by atoms with Crippen LogP contribution in [0.25, 0.3) is 16.6 Å². The number of piperazine rings is 1. The van der Waals surface area contributed by atoms with Crippen molar-refractivity contribution in [2.24, 2.45) is 4.99 Å². The number of aromatic amines is 1. The number of rotatable bonds is 6. The average molecular weight is 540 g/mol. The van der Waals surface area contributed by atoms with Gasteiger partial charge in [-0.1, -0.05) is 0 Å². The third-order valence-electron chi connectivity index (χ3n) is 7.46. The number of nitrogens with zero attached hydrogens (tertiary/aromatic N) is 6. The number of likely N-dealkylation sites (N-methyl/N-ethyl adjacent to an activating group) is 2. The number of hydrogen-bond donors (Lipinski definition) is 2. The maximum absolute atomic E-state index is 13.9. The lowest BCUT2D eigenvalue weighted by molar-refractivity contribution is -0.119. The fraction of sp³-hybridized carbons (Fsp3) is 0.233. The van der Waals surface area contributed by atoms with E-state index in [-0.39, 0.29) is 11.8 Å². The fourth-order valence-electron chi connectivity index (χ4n) is 5.04. The Bertz CT molecular complexity index is 1720. The molecule has 3 aromatic heterocycles. The molecule has 1 fully saturated rings. The molecule has 1 aliphatic rings. The molecule has 0 spiro atoms. The molecule has 0 atom stereocenters. The smallest absolute Gasteiger partial charge is 0.240 e. The van der Waals surface area contributed by atoms with Crippen molar-refractivity contribution in [1.82, 2.24) is 24.2 Å². The van der Waals surface area contributed by atoms with E-state index >= 15 is 0 Å². The number of H-pyrrole nitrogens is 1. The van der Waals surface area contributed by atoms with Crippen LogP contribution in [0, 0.1) is 5.82 Å². The topological polar surface area (TPSA) is 92.5 Å². The minimum Gasteiger partial charge on any atom is -0.494 e. The molecule has 2 N–H and O–H groups in total. The first-order valence-electron chi connectivity index (χ1n) is 13.2. The predicted molar refractivity (Wildman–Crippen MR) is 154 cm³/mol.